The summed E-state index contributed by atoms with van der Waals surface area (Å²) in [5, 5.41) is 0. The van der Waals surface area contributed by atoms with Gasteiger partial charge in [0.25, 0.3) is 0 Å². The highest BCUT2D eigenvalue weighted by molar-refractivity contribution is 14.1. The predicted octanol–water partition coefficient (Wildman–Crippen LogP) is 19.5. The second kappa shape index (κ2) is 44.1. The van der Waals surface area contributed by atoms with E-state index in [1.165, 1.54) is 188 Å². The Morgan fingerprint density at radius 2 is 0.508 bits per heavy atom. The minimum atomic E-state index is -0.122. The molecular formula is C53H82I6O6. The van der Waals surface area contributed by atoms with Crippen LogP contribution in [0.4, 0.5) is 0 Å². The first kappa shape index (κ1) is 62.5. The molecule has 0 radical (unpaired) electrons. The Bertz CT molecular complexity index is 1350. The molecule has 0 amide bonds. The quantitative estimate of drug-likeness (QED) is 0.0374. The van der Waals surface area contributed by atoms with E-state index in [1.807, 2.05) is 0 Å². The van der Waals surface area contributed by atoms with Crippen molar-refractivity contribution in [3.05, 3.63) is 45.7 Å². The number of hydrogen-bond donors (Lipinski definition) is 0. The molecule has 0 N–H and O–H groups in total. The van der Waals surface area contributed by atoms with Crippen LogP contribution in [-0.4, -0.2) is 38.4 Å². The Labute approximate surface area is 478 Å². The summed E-state index contributed by atoms with van der Waals surface area (Å²) in [4.78, 5) is 24.2. The van der Waals surface area contributed by atoms with Crippen LogP contribution in [0.5, 0.6) is 11.5 Å². The van der Waals surface area contributed by atoms with Crippen LogP contribution in [0.25, 0.3) is 0 Å². The van der Waals surface area contributed by atoms with Crippen LogP contribution in [-0.2, 0) is 19.1 Å². The number of ether oxygens (including phenoxy) is 4. The molecule has 0 aliphatic carbocycles. The SMILES string of the molecule is O=C(CCCCCCCCCCCCCCCCCCOc1c(I)cc(I)cc1I)OCCCOC(=O)CCCCCCCCCCCCCCCCCCOc1c(I)cc(I)cc1I. The van der Waals surface area contributed by atoms with Gasteiger partial charge in [-0.05, 0) is 185 Å². The number of hydrogen-bond acceptors (Lipinski definition) is 6. The second-order valence-electron chi connectivity index (χ2n) is 17.7. The van der Waals surface area contributed by atoms with Crippen molar-refractivity contribution in [1.82, 2.24) is 0 Å². The van der Waals surface area contributed by atoms with Gasteiger partial charge in [0, 0.05) is 26.4 Å². The monoisotopic (exact) mass is 1580 g/mol. The number of esters is 2. The molecule has 0 heterocycles. The number of carbonyl (C=O) groups excluding carboxylic acids is 2. The van der Waals surface area contributed by atoms with Crippen molar-refractivity contribution < 1.29 is 28.5 Å². The van der Waals surface area contributed by atoms with E-state index >= 15 is 0 Å². The van der Waals surface area contributed by atoms with Crippen LogP contribution in [0.2, 0.25) is 0 Å². The van der Waals surface area contributed by atoms with Gasteiger partial charge in [-0.2, -0.15) is 0 Å². The standard InChI is InChI=1S/C53H82I6O6/c54-44-40-46(56)52(47(57)41-44)64-36-31-27-23-19-15-11-7-3-1-5-9-13-17-21-25-29-34-50(60)62-38-33-39-63-51(61)35-30-26-22-18-14-10-6-2-4-8-12-16-20-24-28-32-37-65-53-48(58)42-45(55)43-49(53)59/h40-43H,1-39H2. The molecule has 12 heteroatoms. The summed E-state index contributed by atoms with van der Waals surface area (Å²) in [5.41, 5.74) is 0. The molecule has 0 fully saturated rings. The van der Waals surface area contributed by atoms with Gasteiger partial charge in [0.2, 0.25) is 0 Å². The Balaban J connectivity index is 1.20. The highest BCUT2D eigenvalue weighted by atomic mass is 127. The number of halogens is 6. The minimum Gasteiger partial charge on any atom is -0.491 e. The fourth-order valence-electron chi connectivity index (χ4n) is 7.95. The van der Waals surface area contributed by atoms with Gasteiger partial charge < -0.3 is 18.9 Å². The predicted molar refractivity (Wildman–Crippen MR) is 324 cm³/mol. The van der Waals surface area contributed by atoms with E-state index in [1.54, 1.807) is 0 Å². The lowest BCUT2D eigenvalue weighted by molar-refractivity contribution is -0.146. The molecule has 2 aromatic carbocycles. The fourth-order valence-corrected chi connectivity index (χ4v) is 15.7. The second-order valence-corrected chi connectivity index (χ2v) is 24.8. The van der Waals surface area contributed by atoms with Gasteiger partial charge in [0.15, 0.2) is 0 Å². The average molecular weight is 1580 g/mol. The van der Waals surface area contributed by atoms with Crippen molar-refractivity contribution in [3.8, 4) is 11.5 Å². The maximum Gasteiger partial charge on any atom is 0.305 e. The molecule has 0 aliphatic rings. The highest BCUT2D eigenvalue weighted by Gasteiger charge is 2.10. The van der Waals surface area contributed by atoms with Gasteiger partial charge in [0.1, 0.15) is 11.5 Å². The maximum absolute atomic E-state index is 12.1. The lowest BCUT2D eigenvalue weighted by atomic mass is 10.0. The van der Waals surface area contributed by atoms with Crippen molar-refractivity contribution in [2.24, 2.45) is 0 Å². The molecule has 0 bridgehead atoms. The topological polar surface area (TPSA) is 71.1 Å². The van der Waals surface area contributed by atoms with E-state index in [0.717, 1.165) is 63.2 Å². The summed E-state index contributed by atoms with van der Waals surface area (Å²) in [6.07, 6.45) is 42.4. The van der Waals surface area contributed by atoms with Gasteiger partial charge in [-0.15, -0.1) is 0 Å². The zero-order chi connectivity index (χ0) is 47.0. The zero-order valence-corrected chi connectivity index (χ0v) is 52.5. The fraction of sp³-hybridized carbons (Fsp3) is 0.736. The molecule has 6 nitrogen and oxygen atoms in total. The van der Waals surface area contributed by atoms with Crippen molar-refractivity contribution in [1.29, 1.82) is 0 Å². The van der Waals surface area contributed by atoms with E-state index in [4.69, 9.17) is 18.9 Å². The Kier molecular flexibility index (Phi) is 42.4. The molecule has 65 heavy (non-hydrogen) atoms. The van der Waals surface area contributed by atoms with Gasteiger partial charge in [-0.3, -0.25) is 9.59 Å². The van der Waals surface area contributed by atoms with Gasteiger partial charge in [-0.1, -0.05) is 180 Å². The smallest absolute Gasteiger partial charge is 0.305 e. The normalized spacial score (nSPS) is 11.3. The van der Waals surface area contributed by atoms with Crippen LogP contribution in [0.15, 0.2) is 24.3 Å². The van der Waals surface area contributed by atoms with Crippen LogP contribution in [0.3, 0.4) is 0 Å². The average Bonchev–Trinajstić information content (AvgIpc) is 3.26. The van der Waals surface area contributed by atoms with Crippen molar-refractivity contribution >= 4 is 147 Å². The summed E-state index contributed by atoms with van der Waals surface area (Å²) in [5.74, 6) is 1.86. The number of benzene rings is 2. The summed E-state index contributed by atoms with van der Waals surface area (Å²) in [6, 6.07) is 8.71. The van der Waals surface area contributed by atoms with Crippen LogP contribution < -0.4 is 9.47 Å². The third-order valence-electron chi connectivity index (χ3n) is 11.8. The van der Waals surface area contributed by atoms with E-state index in [9.17, 15) is 9.59 Å². The Hall–Kier alpha value is 1.36. The molecule has 0 atom stereocenters. The largest absolute Gasteiger partial charge is 0.491 e. The first-order valence-electron chi connectivity index (χ1n) is 25.5. The molecule has 2 rings (SSSR count). The lowest BCUT2D eigenvalue weighted by Crippen LogP contribution is -2.10. The van der Waals surface area contributed by atoms with Gasteiger partial charge in [0.05, 0.1) is 40.7 Å². The molecule has 0 aliphatic heterocycles. The summed E-state index contributed by atoms with van der Waals surface area (Å²) < 4.78 is 30.2. The van der Waals surface area contributed by atoms with Crippen molar-refractivity contribution in [3.63, 3.8) is 0 Å². The van der Waals surface area contributed by atoms with Crippen LogP contribution in [0, 0.1) is 21.4 Å². The molecule has 0 spiro atoms. The number of carbonyl (C=O) groups is 2. The molecule has 0 unspecified atom stereocenters. The summed E-state index contributed by atoms with van der Waals surface area (Å²) >= 11 is 14.2. The summed E-state index contributed by atoms with van der Waals surface area (Å²) in [6.45, 7) is 2.31. The molecular weight excluding hydrogens is 1490 g/mol. The lowest BCUT2D eigenvalue weighted by Gasteiger charge is -2.11. The minimum absolute atomic E-state index is 0.122. The van der Waals surface area contributed by atoms with Gasteiger partial charge in [-0.25, -0.2) is 0 Å². The molecule has 372 valence electrons. The zero-order valence-electron chi connectivity index (χ0n) is 39.6. The maximum atomic E-state index is 12.1. The van der Waals surface area contributed by atoms with Crippen molar-refractivity contribution in [2.45, 2.75) is 225 Å². The van der Waals surface area contributed by atoms with Crippen molar-refractivity contribution in [2.75, 3.05) is 26.4 Å². The first-order chi connectivity index (χ1) is 31.7. The van der Waals surface area contributed by atoms with Crippen LogP contribution >= 0.6 is 136 Å². The summed E-state index contributed by atoms with van der Waals surface area (Å²) in [7, 11) is 0. The first-order valence-corrected chi connectivity index (χ1v) is 32.0. The van der Waals surface area contributed by atoms with E-state index in [-0.39, 0.29) is 11.9 Å². The highest BCUT2D eigenvalue weighted by Crippen LogP contribution is 2.31. The van der Waals surface area contributed by atoms with Gasteiger partial charge >= 0.3 is 11.9 Å². The third kappa shape index (κ3) is 36.0. The third-order valence-corrected chi connectivity index (χ3v) is 16.2. The van der Waals surface area contributed by atoms with E-state index in [2.05, 4.69) is 160 Å². The Morgan fingerprint density at radius 1 is 0.292 bits per heavy atom. The molecule has 0 saturated heterocycles. The van der Waals surface area contributed by atoms with Crippen LogP contribution in [0.1, 0.15) is 225 Å². The number of unbranched alkanes of at least 4 members (excludes halogenated alkanes) is 30. The van der Waals surface area contributed by atoms with E-state index in [0.29, 0.717) is 32.5 Å². The van der Waals surface area contributed by atoms with E-state index < -0.39 is 0 Å². The number of rotatable bonds is 44. The molecule has 2 aromatic rings. The molecule has 0 aromatic heterocycles. The molecule has 0 saturated carbocycles. The Morgan fingerprint density at radius 3 is 0.754 bits per heavy atom.